The fourth-order valence-electron chi connectivity index (χ4n) is 2.78. The monoisotopic (exact) mass is 424 g/mol. The van der Waals surface area contributed by atoms with Gasteiger partial charge in [-0.25, -0.2) is 0 Å². The molecule has 28 heavy (non-hydrogen) atoms. The maximum absolute atomic E-state index is 12.5. The molecule has 0 rings (SSSR count). The van der Waals surface area contributed by atoms with Crippen molar-refractivity contribution in [2.24, 2.45) is 17.8 Å². The number of carbonyl (C=O) groups is 4. The first-order valence-electron chi connectivity index (χ1n) is 9.09. The van der Waals surface area contributed by atoms with Gasteiger partial charge in [0.05, 0.1) is 24.4 Å². The predicted octanol–water partition coefficient (Wildman–Crippen LogP) is 1.68. The minimum absolute atomic E-state index is 0.148. The number of hydrogen-bond donors (Lipinski definition) is 3. The molecule has 0 aliphatic carbocycles. The second-order valence-corrected chi connectivity index (χ2v) is 7.17. The number of hydrogen-bond acceptors (Lipinski definition) is 7. The highest BCUT2D eigenvalue weighted by atomic mass is 35.5. The summed E-state index contributed by atoms with van der Waals surface area (Å²) in [5.74, 6) is -8.75. The van der Waals surface area contributed by atoms with E-state index in [1.54, 1.807) is 0 Å². The molecule has 0 amide bonds. The lowest BCUT2D eigenvalue weighted by atomic mass is 9.79. The number of ether oxygens (including phenoxy) is 2. The molecule has 0 saturated carbocycles. The van der Waals surface area contributed by atoms with Crippen molar-refractivity contribution in [2.45, 2.75) is 57.9 Å². The van der Waals surface area contributed by atoms with Crippen LogP contribution in [0, 0.1) is 17.8 Å². The van der Waals surface area contributed by atoms with Crippen molar-refractivity contribution in [1.29, 1.82) is 0 Å². The highest BCUT2D eigenvalue weighted by Gasteiger charge is 2.43. The zero-order valence-corrected chi connectivity index (χ0v) is 17.1. The normalized spacial score (nSPS) is 16.3. The minimum atomic E-state index is -1.59. The first-order chi connectivity index (χ1) is 13.0. The largest absolute Gasteiger partial charge is 0.481 e. The molecule has 162 valence electrons. The molecular formula is C18H29ClO9. The Morgan fingerprint density at radius 1 is 1.07 bits per heavy atom. The highest BCUT2D eigenvalue weighted by molar-refractivity contribution is 6.20. The fourth-order valence-corrected chi connectivity index (χ4v) is 2.98. The molecule has 0 aliphatic heterocycles. The van der Waals surface area contributed by atoms with Crippen LogP contribution in [0.3, 0.4) is 0 Å². The Kier molecular flexibility index (Phi) is 12.4. The molecular weight excluding hydrogens is 396 g/mol. The number of alkyl halides is 1. The maximum atomic E-state index is 12.5. The van der Waals surface area contributed by atoms with Crippen LogP contribution in [0.5, 0.6) is 0 Å². The first-order valence-corrected chi connectivity index (χ1v) is 9.53. The number of esters is 2. The van der Waals surface area contributed by atoms with Crippen molar-refractivity contribution in [2.75, 3.05) is 13.2 Å². The van der Waals surface area contributed by atoms with Gasteiger partial charge in [-0.3, -0.25) is 19.2 Å². The molecule has 5 atom stereocenters. The van der Waals surface area contributed by atoms with Gasteiger partial charge in [-0.2, -0.15) is 0 Å². The van der Waals surface area contributed by atoms with Gasteiger partial charge in [0, 0.05) is 31.7 Å². The van der Waals surface area contributed by atoms with Gasteiger partial charge in [-0.1, -0.05) is 13.8 Å². The molecule has 0 heterocycles. The Morgan fingerprint density at radius 3 is 2.11 bits per heavy atom. The summed E-state index contributed by atoms with van der Waals surface area (Å²) in [4.78, 5) is 47.1. The number of carbonyl (C=O) groups excluding carboxylic acids is 2. The van der Waals surface area contributed by atoms with E-state index >= 15 is 0 Å². The Labute approximate surface area is 169 Å². The van der Waals surface area contributed by atoms with E-state index in [0.29, 0.717) is 6.42 Å². The number of aliphatic hydroxyl groups is 1. The van der Waals surface area contributed by atoms with E-state index in [0.717, 1.165) is 0 Å². The van der Waals surface area contributed by atoms with Crippen LogP contribution < -0.4 is 0 Å². The Bertz CT molecular complexity index is 537. The summed E-state index contributed by atoms with van der Waals surface area (Å²) in [7, 11) is 0. The number of carboxylic acid groups (broad SMARTS) is 2. The van der Waals surface area contributed by atoms with Gasteiger partial charge in [0.1, 0.15) is 6.10 Å². The van der Waals surface area contributed by atoms with Crippen molar-refractivity contribution in [3.8, 4) is 0 Å². The lowest BCUT2D eigenvalue weighted by molar-refractivity contribution is -0.167. The van der Waals surface area contributed by atoms with Gasteiger partial charge in [0.15, 0.2) is 0 Å². The molecule has 0 spiro atoms. The van der Waals surface area contributed by atoms with Gasteiger partial charge in [0.25, 0.3) is 0 Å². The van der Waals surface area contributed by atoms with Gasteiger partial charge in [-0.05, 0) is 12.8 Å². The molecule has 0 saturated heterocycles. The van der Waals surface area contributed by atoms with Gasteiger partial charge < -0.3 is 24.8 Å². The number of aliphatic carboxylic acids is 2. The second-order valence-electron chi connectivity index (χ2n) is 6.55. The van der Waals surface area contributed by atoms with E-state index in [9.17, 15) is 29.4 Å². The Balaban J connectivity index is 5.74. The topological polar surface area (TPSA) is 147 Å². The molecule has 3 N–H and O–H groups in total. The van der Waals surface area contributed by atoms with Crippen LogP contribution in [0.1, 0.15) is 46.5 Å². The zero-order chi connectivity index (χ0) is 21.9. The molecule has 0 aromatic carbocycles. The molecule has 10 heteroatoms. The van der Waals surface area contributed by atoms with Crippen molar-refractivity contribution >= 4 is 35.5 Å². The van der Waals surface area contributed by atoms with E-state index < -0.39 is 47.7 Å². The van der Waals surface area contributed by atoms with Crippen LogP contribution in [0.2, 0.25) is 0 Å². The average molecular weight is 425 g/mol. The molecule has 0 radical (unpaired) electrons. The summed E-state index contributed by atoms with van der Waals surface area (Å²) in [6.07, 6.45) is -0.240. The first kappa shape index (κ1) is 26.1. The van der Waals surface area contributed by atoms with Crippen LogP contribution in [0.15, 0.2) is 0 Å². The fraction of sp³-hybridized carbons (Fsp3) is 0.778. The van der Waals surface area contributed by atoms with Crippen molar-refractivity contribution in [3.05, 3.63) is 0 Å². The maximum Gasteiger partial charge on any atom is 0.309 e. The molecule has 0 fully saturated rings. The molecule has 5 unspecified atom stereocenters. The van der Waals surface area contributed by atoms with Crippen molar-refractivity contribution in [1.82, 2.24) is 0 Å². The van der Waals surface area contributed by atoms with Gasteiger partial charge in [-0.15, -0.1) is 11.6 Å². The second kappa shape index (κ2) is 13.3. The lowest BCUT2D eigenvalue weighted by Gasteiger charge is -2.29. The molecule has 0 aromatic rings. The molecule has 0 aliphatic rings. The number of rotatable bonds is 14. The summed E-state index contributed by atoms with van der Waals surface area (Å²) in [5, 5.41) is 27.2. The van der Waals surface area contributed by atoms with E-state index in [4.69, 9.17) is 26.2 Å². The van der Waals surface area contributed by atoms with Crippen LogP contribution in [0.4, 0.5) is 0 Å². The van der Waals surface area contributed by atoms with Gasteiger partial charge in [0.2, 0.25) is 0 Å². The smallest absolute Gasteiger partial charge is 0.309 e. The van der Waals surface area contributed by atoms with Crippen LogP contribution >= 0.6 is 11.6 Å². The van der Waals surface area contributed by atoms with Crippen molar-refractivity contribution in [3.63, 3.8) is 0 Å². The van der Waals surface area contributed by atoms with E-state index in [-0.39, 0.29) is 37.9 Å². The third kappa shape index (κ3) is 9.36. The predicted molar refractivity (Wildman–Crippen MR) is 98.8 cm³/mol. The summed E-state index contributed by atoms with van der Waals surface area (Å²) in [6, 6.07) is 0. The minimum Gasteiger partial charge on any atom is -0.481 e. The zero-order valence-electron chi connectivity index (χ0n) is 16.3. The third-order valence-corrected chi connectivity index (χ3v) is 4.79. The summed E-state index contributed by atoms with van der Waals surface area (Å²) >= 11 is 6.12. The van der Waals surface area contributed by atoms with Crippen LogP contribution in [-0.2, 0) is 28.7 Å². The Hall–Kier alpha value is -1.87. The summed E-state index contributed by atoms with van der Waals surface area (Å²) in [6.45, 7) is 3.80. The van der Waals surface area contributed by atoms with Crippen molar-refractivity contribution < 1.29 is 44.0 Å². The van der Waals surface area contributed by atoms with E-state index in [1.165, 1.54) is 13.8 Å². The SMILES string of the molecule is CCC(Cl)CC(CC(C(=O)OCCCO)C(C(=O)O)C(C)C(=O)O)OC(C)=O. The summed E-state index contributed by atoms with van der Waals surface area (Å²) < 4.78 is 10.2. The Morgan fingerprint density at radius 2 is 1.68 bits per heavy atom. The highest BCUT2D eigenvalue weighted by Crippen LogP contribution is 2.30. The molecule has 0 aromatic heterocycles. The van der Waals surface area contributed by atoms with E-state index in [1.807, 2.05) is 6.92 Å². The average Bonchev–Trinajstić information content (AvgIpc) is 2.59. The molecule has 0 bridgehead atoms. The van der Waals surface area contributed by atoms with Gasteiger partial charge >= 0.3 is 23.9 Å². The number of aliphatic hydroxyl groups excluding tert-OH is 1. The standard InChI is InChI=1S/C18H29ClO9/c1-4-12(19)8-13(28-11(3)21)9-14(18(26)27-7-5-6-20)15(17(24)25)10(2)16(22)23/h10,12-15,20H,4-9H2,1-3H3,(H,22,23)(H,24,25). The quantitative estimate of drug-likeness (QED) is 0.215. The lowest BCUT2D eigenvalue weighted by Crippen LogP contribution is -2.41. The summed E-state index contributed by atoms with van der Waals surface area (Å²) in [5.41, 5.74) is 0. The third-order valence-electron chi connectivity index (χ3n) is 4.31. The molecule has 9 nitrogen and oxygen atoms in total. The number of halogens is 1. The van der Waals surface area contributed by atoms with Crippen LogP contribution in [0.25, 0.3) is 0 Å². The van der Waals surface area contributed by atoms with Crippen LogP contribution in [-0.4, -0.2) is 63.9 Å². The number of carboxylic acids is 2. The van der Waals surface area contributed by atoms with E-state index in [2.05, 4.69) is 0 Å².